The highest BCUT2D eigenvalue weighted by Crippen LogP contribution is 2.37. The molecule has 0 radical (unpaired) electrons. The van der Waals surface area contributed by atoms with E-state index in [0.29, 0.717) is 0 Å². The van der Waals surface area contributed by atoms with Crippen LogP contribution >= 0.6 is 15.9 Å². The van der Waals surface area contributed by atoms with Gasteiger partial charge in [0, 0.05) is 18.2 Å². The van der Waals surface area contributed by atoms with E-state index in [4.69, 9.17) is 5.11 Å². The molecule has 1 heterocycles. The normalized spacial score (nSPS) is 30.5. The van der Waals surface area contributed by atoms with Gasteiger partial charge >= 0.3 is 0 Å². The molecule has 0 saturated carbocycles. The van der Waals surface area contributed by atoms with E-state index in [1.54, 1.807) is 0 Å². The molecule has 1 atom stereocenters. The number of hydrogen-bond acceptors (Lipinski definition) is 3. The SMILES string of the molecule is CC(C)(CO)C1(Br)C=NNC1. The fraction of sp³-hybridized carbons (Fsp3) is 0.857. The third-order valence-electron chi connectivity index (χ3n) is 2.22. The van der Waals surface area contributed by atoms with E-state index in [1.807, 2.05) is 20.1 Å². The average molecular weight is 221 g/mol. The van der Waals surface area contributed by atoms with Crippen LogP contribution < -0.4 is 5.43 Å². The number of aliphatic hydroxyl groups excluding tert-OH is 1. The molecule has 2 N–H and O–H groups in total. The number of nitrogens with one attached hydrogen (secondary N) is 1. The Morgan fingerprint density at radius 1 is 1.82 bits per heavy atom. The molecular weight excluding hydrogens is 208 g/mol. The summed E-state index contributed by atoms with van der Waals surface area (Å²) in [6, 6.07) is 0. The van der Waals surface area contributed by atoms with Gasteiger partial charge in [0.2, 0.25) is 0 Å². The molecule has 64 valence electrons. The number of hydrazone groups is 1. The smallest absolute Gasteiger partial charge is 0.0886 e. The van der Waals surface area contributed by atoms with Crippen LogP contribution in [0.5, 0.6) is 0 Å². The number of hydrogen-bond donors (Lipinski definition) is 2. The summed E-state index contributed by atoms with van der Waals surface area (Å²) in [5.74, 6) is 0. The quantitative estimate of drug-likeness (QED) is 0.675. The zero-order chi connectivity index (χ0) is 8.54. The van der Waals surface area contributed by atoms with Gasteiger partial charge in [-0.3, -0.25) is 0 Å². The summed E-state index contributed by atoms with van der Waals surface area (Å²) in [6.07, 6.45) is 1.81. The molecular formula is C7H13BrN2O. The molecule has 0 aromatic heterocycles. The molecule has 4 heteroatoms. The summed E-state index contributed by atoms with van der Waals surface area (Å²) in [6.45, 7) is 4.88. The molecule has 1 unspecified atom stereocenters. The zero-order valence-corrected chi connectivity index (χ0v) is 8.35. The van der Waals surface area contributed by atoms with Crippen molar-refractivity contribution < 1.29 is 5.11 Å². The first-order chi connectivity index (χ1) is 5.02. The lowest BCUT2D eigenvalue weighted by atomic mass is 9.80. The summed E-state index contributed by atoms with van der Waals surface area (Å²) in [7, 11) is 0. The van der Waals surface area contributed by atoms with Crippen molar-refractivity contribution in [3.8, 4) is 0 Å². The summed E-state index contributed by atoms with van der Waals surface area (Å²) in [5.41, 5.74) is 2.68. The lowest BCUT2D eigenvalue weighted by Crippen LogP contribution is -2.45. The average Bonchev–Trinajstić information content (AvgIpc) is 2.38. The molecule has 0 aromatic carbocycles. The largest absolute Gasteiger partial charge is 0.396 e. The predicted octanol–water partition coefficient (Wildman–Crippen LogP) is 0.728. The topological polar surface area (TPSA) is 44.6 Å². The van der Waals surface area contributed by atoms with Crippen molar-refractivity contribution in [2.45, 2.75) is 18.2 Å². The summed E-state index contributed by atoms with van der Waals surface area (Å²) < 4.78 is -0.200. The minimum absolute atomic E-state index is 0.145. The van der Waals surface area contributed by atoms with Crippen LogP contribution in [0.2, 0.25) is 0 Å². The van der Waals surface area contributed by atoms with E-state index in [2.05, 4.69) is 26.5 Å². The molecule has 0 amide bonds. The van der Waals surface area contributed by atoms with Crippen molar-refractivity contribution in [2.24, 2.45) is 10.5 Å². The van der Waals surface area contributed by atoms with E-state index in [9.17, 15) is 0 Å². The Morgan fingerprint density at radius 3 is 2.82 bits per heavy atom. The van der Waals surface area contributed by atoms with Gasteiger partial charge in [-0.15, -0.1) is 0 Å². The minimum Gasteiger partial charge on any atom is -0.396 e. The molecule has 0 spiro atoms. The first-order valence-corrected chi connectivity index (χ1v) is 4.38. The Morgan fingerprint density at radius 2 is 2.45 bits per heavy atom. The second-order valence-corrected chi connectivity index (χ2v) is 4.91. The van der Waals surface area contributed by atoms with E-state index < -0.39 is 0 Å². The van der Waals surface area contributed by atoms with E-state index in [0.717, 1.165) is 6.54 Å². The maximum atomic E-state index is 9.10. The lowest BCUT2D eigenvalue weighted by Gasteiger charge is -2.34. The molecule has 1 aliphatic heterocycles. The van der Waals surface area contributed by atoms with Gasteiger partial charge in [-0.25, -0.2) is 0 Å². The van der Waals surface area contributed by atoms with E-state index >= 15 is 0 Å². The zero-order valence-electron chi connectivity index (χ0n) is 6.76. The van der Waals surface area contributed by atoms with Crippen LogP contribution in [0, 0.1) is 5.41 Å². The number of aliphatic hydroxyl groups is 1. The second kappa shape index (κ2) is 2.75. The first-order valence-electron chi connectivity index (χ1n) is 3.59. The summed E-state index contributed by atoms with van der Waals surface area (Å²) >= 11 is 3.56. The van der Waals surface area contributed by atoms with Crippen molar-refractivity contribution in [3.63, 3.8) is 0 Å². The fourth-order valence-corrected chi connectivity index (χ4v) is 1.25. The molecule has 0 saturated heterocycles. The summed E-state index contributed by atoms with van der Waals surface area (Å²) in [4.78, 5) is 0. The number of rotatable bonds is 2. The van der Waals surface area contributed by atoms with E-state index in [-0.39, 0.29) is 16.3 Å². The second-order valence-electron chi connectivity index (χ2n) is 3.50. The Kier molecular flexibility index (Phi) is 2.25. The van der Waals surface area contributed by atoms with Crippen LogP contribution in [-0.2, 0) is 0 Å². The molecule has 0 aromatic rings. The highest BCUT2D eigenvalue weighted by atomic mass is 79.9. The number of nitrogens with zero attached hydrogens (tertiary/aromatic N) is 1. The molecule has 1 rings (SSSR count). The van der Waals surface area contributed by atoms with Gasteiger partial charge in [-0.2, -0.15) is 5.10 Å². The van der Waals surface area contributed by atoms with Crippen molar-refractivity contribution in [1.82, 2.24) is 5.43 Å². The molecule has 11 heavy (non-hydrogen) atoms. The van der Waals surface area contributed by atoms with Crippen molar-refractivity contribution in [3.05, 3.63) is 0 Å². The van der Waals surface area contributed by atoms with Crippen LogP contribution in [0.25, 0.3) is 0 Å². The Bertz CT molecular complexity index is 181. The van der Waals surface area contributed by atoms with Crippen molar-refractivity contribution in [1.29, 1.82) is 0 Å². The van der Waals surface area contributed by atoms with Gasteiger partial charge in [0.1, 0.15) is 0 Å². The third kappa shape index (κ3) is 1.42. The standard InChI is InChI=1S/C7H13BrN2O/c1-6(2,5-11)7(8)3-9-10-4-7/h3,10-11H,4-5H2,1-2H3. The Balaban J connectivity index is 2.79. The van der Waals surface area contributed by atoms with Gasteiger partial charge in [-0.05, 0) is 0 Å². The first kappa shape index (κ1) is 9.00. The molecule has 3 nitrogen and oxygen atoms in total. The van der Waals surface area contributed by atoms with Gasteiger partial charge in [-0.1, -0.05) is 29.8 Å². The van der Waals surface area contributed by atoms with Crippen LogP contribution in [0.4, 0.5) is 0 Å². The van der Waals surface area contributed by atoms with Gasteiger partial charge in [0.25, 0.3) is 0 Å². The van der Waals surface area contributed by atoms with Crippen LogP contribution in [0.3, 0.4) is 0 Å². The van der Waals surface area contributed by atoms with Crippen LogP contribution in [0.1, 0.15) is 13.8 Å². The van der Waals surface area contributed by atoms with Crippen LogP contribution in [-0.4, -0.2) is 28.8 Å². The highest BCUT2D eigenvalue weighted by molar-refractivity contribution is 9.10. The van der Waals surface area contributed by atoms with Crippen molar-refractivity contribution >= 4 is 22.1 Å². The minimum atomic E-state index is -0.200. The number of halogens is 1. The number of alkyl halides is 1. The fourth-order valence-electron chi connectivity index (χ4n) is 0.900. The van der Waals surface area contributed by atoms with Gasteiger partial charge in [0.15, 0.2) is 0 Å². The summed E-state index contributed by atoms with van der Waals surface area (Å²) in [5, 5.41) is 13.0. The lowest BCUT2D eigenvalue weighted by molar-refractivity contribution is 0.146. The predicted molar refractivity (Wildman–Crippen MR) is 49.0 cm³/mol. The molecule has 0 bridgehead atoms. The maximum Gasteiger partial charge on any atom is 0.0886 e. The monoisotopic (exact) mass is 220 g/mol. The highest BCUT2D eigenvalue weighted by Gasteiger charge is 2.43. The molecule has 0 aliphatic carbocycles. The Hall–Kier alpha value is -0.0900. The van der Waals surface area contributed by atoms with E-state index in [1.165, 1.54) is 0 Å². The Labute approximate surface area is 75.0 Å². The van der Waals surface area contributed by atoms with Crippen molar-refractivity contribution in [2.75, 3.05) is 13.2 Å². The van der Waals surface area contributed by atoms with Crippen LogP contribution in [0.15, 0.2) is 5.10 Å². The third-order valence-corrected chi connectivity index (χ3v) is 3.78. The molecule has 0 fully saturated rings. The maximum absolute atomic E-state index is 9.10. The molecule has 1 aliphatic rings. The van der Waals surface area contributed by atoms with Gasteiger partial charge in [0.05, 0.1) is 10.9 Å². The van der Waals surface area contributed by atoms with Gasteiger partial charge < -0.3 is 10.5 Å².